The number of carbonyl (C=O) groups excluding carboxylic acids is 2. The highest BCUT2D eigenvalue weighted by Crippen LogP contribution is 2.45. The molecule has 138 valence electrons. The van der Waals surface area contributed by atoms with E-state index in [-0.39, 0.29) is 34.0 Å². The second kappa shape index (κ2) is 8.33. The molecule has 1 aromatic carbocycles. The topological polar surface area (TPSA) is 111 Å². The predicted octanol–water partition coefficient (Wildman–Crippen LogP) is 3.37. The zero-order valence-corrected chi connectivity index (χ0v) is 15.8. The third-order valence-corrected chi connectivity index (χ3v) is 4.89. The van der Waals surface area contributed by atoms with Gasteiger partial charge in [-0.1, -0.05) is 23.4 Å². The first-order chi connectivity index (χ1) is 12.2. The summed E-state index contributed by atoms with van der Waals surface area (Å²) in [4.78, 5) is 38.6. The summed E-state index contributed by atoms with van der Waals surface area (Å²) >= 11 is 7.31. The van der Waals surface area contributed by atoms with E-state index in [4.69, 9.17) is 16.3 Å². The van der Waals surface area contributed by atoms with Crippen LogP contribution in [0, 0.1) is 10.1 Å². The van der Waals surface area contributed by atoms with Crippen molar-refractivity contribution in [2.75, 3.05) is 6.61 Å². The van der Waals surface area contributed by atoms with Gasteiger partial charge < -0.3 is 10.1 Å². The van der Waals surface area contributed by atoms with Crippen LogP contribution in [0.25, 0.3) is 0 Å². The smallest absolute Gasteiger partial charge is 0.337 e. The standard InChI is InChI=1S/C16H16ClN3O5S/c1-4-25-15(22)13-8(2)18-16(19-9(3)21)26-14(13)11-7-10(20(23)24)5-6-12(11)17/h5-7,14H,4H2,1-3H3,(H,18,19,21). The minimum Gasteiger partial charge on any atom is -0.463 e. The molecule has 0 saturated heterocycles. The van der Waals surface area contributed by atoms with E-state index in [0.717, 1.165) is 11.8 Å². The average molecular weight is 398 g/mol. The van der Waals surface area contributed by atoms with Gasteiger partial charge in [0.2, 0.25) is 5.91 Å². The number of hydrogen-bond donors (Lipinski definition) is 1. The van der Waals surface area contributed by atoms with Gasteiger partial charge in [-0.05, 0) is 25.5 Å². The fourth-order valence-electron chi connectivity index (χ4n) is 2.34. The van der Waals surface area contributed by atoms with Crippen LogP contribution in [0.2, 0.25) is 5.02 Å². The number of esters is 1. The minimum atomic E-state index is -0.708. The maximum Gasteiger partial charge on any atom is 0.337 e. The van der Waals surface area contributed by atoms with Crippen molar-refractivity contribution in [2.24, 2.45) is 4.99 Å². The Morgan fingerprint density at radius 1 is 1.46 bits per heavy atom. The van der Waals surface area contributed by atoms with Crippen molar-refractivity contribution < 1.29 is 19.2 Å². The lowest BCUT2D eigenvalue weighted by Gasteiger charge is -2.25. The van der Waals surface area contributed by atoms with Gasteiger partial charge in [0.15, 0.2) is 5.17 Å². The van der Waals surface area contributed by atoms with Crippen molar-refractivity contribution in [1.29, 1.82) is 0 Å². The van der Waals surface area contributed by atoms with Crippen LogP contribution in [0.1, 0.15) is 31.6 Å². The minimum absolute atomic E-state index is 0.158. The molecule has 0 bridgehead atoms. The Balaban J connectivity index is 2.58. The number of nitro groups is 1. The molecule has 0 radical (unpaired) electrons. The number of aliphatic imine (C=N–C) groups is 1. The molecule has 1 aliphatic heterocycles. The zero-order valence-electron chi connectivity index (χ0n) is 14.2. The summed E-state index contributed by atoms with van der Waals surface area (Å²) in [5.41, 5.74) is 0.785. The lowest BCUT2D eigenvalue weighted by Crippen LogP contribution is -2.30. The number of halogens is 1. The normalized spacial score (nSPS) is 16.8. The number of allylic oxidation sites excluding steroid dienone is 1. The van der Waals surface area contributed by atoms with Crippen molar-refractivity contribution in [3.8, 4) is 0 Å². The van der Waals surface area contributed by atoms with Gasteiger partial charge in [-0.15, -0.1) is 0 Å². The number of hydrogen-bond acceptors (Lipinski definition) is 7. The van der Waals surface area contributed by atoms with E-state index in [1.165, 1.54) is 25.1 Å². The number of rotatable bonds is 4. The predicted molar refractivity (Wildman–Crippen MR) is 99.0 cm³/mol. The van der Waals surface area contributed by atoms with Gasteiger partial charge in [0.25, 0.3) is 5.69 Å². The zero-order chi connectivity index (χ0) is 19.4. The van der Waals surface area contributed by atoms with Crippen LogP contribution in [0.5, 0.6) is 0 Å². The number of benzene rings is 1. The first-order valence-corrected chi connectivity index (χ1v) is 8.85. The van der Waals surface area contributed by atoms with Crippen LogP contribution in [-0.2, 0) is 14.3 Å². The summed E-state index contributed by atoms with van der Waals surface area (Å²) in [6.07, 6.45) is 0. The Morgan fingerprint density at radius 2 is 2.15 bits per heavy atom. The SMILES string of the molecule is CCOC(=O)C1=C(C)N=C(NC(C)=O)SC1c1cc([N+](=O)[O-])ccc1Cl. The fourth-order valence-corrected chi connectivity index (χ4v) is 3.95. The Morgan fingerprint density at radius 3 is 2.73 bits per heavy atom. The van der Waals surface area contributed by atoms with Gasteiger partial charge >= 0.3 is 5.97 Å². The second-order valence-electron chi connectivity index (χ2n) is 5.28. The number of amides is 1. The van der Waals surface area contributed by atoms with Gasteiger partial charge in [-0.25, -0.2) is 9.79 Å². The fraction of sp³-hybridized carbons (Fsp3) is 0.312. The van der Waals surface area contributed by atoms with Crippen molar-refractivity contribution in [2.45, 2.75) is 26.0 Å². The molecule has 0 saturated carbocycles. The summed E-state index contributed by atoms with van der Waals surface area (Å²) in [5, 5.41) is 13.5. The molecule has 0 spiro atoms. The summed E-state index contributed by atoms with van der Waals surface area (Å²) in [7, 11) is 0. The Hall–Kier alpha value is -2.39. The molecule has 1 atom stereocenters. The van der Waals surface area contributed by atoms with Crippen molar-refractivity contribution in [3.05, 3.63) is 50.2 Å². The van der Waals surface area contributed by atoms with Crippen LogP contribution < -0.4 is 5.32 Å². The largest absolute Gasteiger partial charge is 0.463 e. The highest BCUT2D eigenvalue weighted by molar-refractivity contribution is 8.14. The maximum atomic E-state index is 12.4. The molecular weight excluding hydrogens is 382 g/mol. The van der Waals surface area contributed by atoms with E-state index in [1.54, 1.807) is 13.8 Å². The van der Waals surface area contributed by atoms with Crippen molar-refractivity contribution >= 4 is 46.1 Å². The third kappa shape index (κ3) is 4.41. The highest BCUT2D eigenvalue weighted by atomic mass is 35.5. The third-order valence-electron chi connectivity index (χ3n) is 3.40. The van der Waals surface area contributed by atoms with E-state index in [9.17, 15) is 19.7 Å². The van der Waals surface area contributed by atoms with E-state index < -0.39 is 16.1 Å². The van der Waals surface area contributed by atoms with E-state index >= 15 is 0 Å². The number of nitrogens with one attached hydrogen (secondary N) is 1. The molecule has 0 aliphatic carbocycles. The number of nitro benzene ring substituents is 1. The van der Waals surface area contributed by atoms with Crippen molar-refractivity contribution in [3.63, 3.8) is 0 Å². The molecule has 1 aromatic rings. The van der Waals surface area contributed by atoms with Crippen LogP contribution >= 0.6 is 23.4 Å². The van der Waals surface area contributed by atoms with Gasteiger partial charge in [0.05, 0.1) is 28.1 Å². The lowest BCUT2D eigenvalue weighted by molar-refractivity contribution is -0.384. The molecule has 1 unspecified atom stereocenters. The average Bonchev–Trinajstić information content (AvgIpc) is 2.53. The van der Waals surface area contributed by atoms with Gasteiger partial charge in [0, 0.05) is 24.1 Å². The molecule has 10 heteroatoms. The molecule has 0 aromatic heterocycles. The van der Waals surface area contributed by atoms with E-state index in [0.29, 0.717) is 11.3 Å². The second-order valence-corrected chi connectivity index (χ2v) is 6.78. The molecule has 1 N–H and O–H groups in total. The molecule has 8 nitrogen and oxygen atoms in total. The van der Waals surface area contributed by atoms with Crippen molar-refractivity contribution in [1.82, 2.24) is 5.32 Å². The van der Waals surface area contributed by atoms with Gasteiger partial charge in [-0.2, -0.15) is 0 Å². The number of nitrogens with zero attached hydrogens (tertiary/aromatic N) is 2. The molecule has 1 heterocycles. The maximum absolute atomic E-state index is 12.4. The quantitative estimate of drug-likeness (QED) is 0.473. The first-order valence-electron chi connectivity index (χ1n) is 7.59. The van der Waals surface area contributed by atoms with Crippen LogP contribution in [0.3, 0.4) is 0 Å². The molecule has 2 rings (SSSR count). The number of ether oxygens (including phenoxy) is 1. The molecular formula is C16H16ClN3O5S. The Kier molecular flexibility index (Phi) is 6.38. The monoisotopic (exact) mass is 397 g/mol. The summed E-state index contributed by atoms with van der Waals surface area (Å²) in [6, 6.07) is 3.99. The lowest BCUT2D eigenvalue weighted by atomic mass is 10.0. The molecule has 0 fully saturated rings. The summed E-state index contributed by atoms with van der Waals surface area (Å²) < 4.78 is 5.09. The number of amidine groups is 1. The Labute approximate surface area is 158 Å². The van der Waals surface area contributed by atoms with Crippen LogP contribution in [-0.4, -0.2) is 28.6 Å². The van der Waals surface area contributed by atoms with E-state index in [1.807, 2.05) is 0 Å². The van der Waals surface area contributed by atoms with Gasteiger partial charge in [-0.3, -0.25) is 14.9 Å². The molecule has 26 heavy (non-hydrogen) atoms. The summed E-state index contributed by atoms with van der Waals surface area (Å²) in [6.45, 7) is 4.77. The Bertz CT molecular complexity index is 837. The van der Waals surface area contributed by atoms with Crippen LogP contribution in [0.4, 0.5) is 5.69 Å². The molecule has 1 amide bonds. The highest BCUT2D eigenvalue weighted by Gasteiger charge is 2.34. The number of non-ortho nitro benzene ring substituents is 1. The summed E-state index contributed by atoms with van der Waals surface area (Å²) in [5.74, 6) is -0.914. The van der Waals surface area contributed by atoms with Gasteiger partial charge in [0.1, 0.15) is 0 Å². The van der Waals surface area contributed by atoms with E-state index in [2.05, 4.69) is 10.3 Å². The first kappa shape index (κ1) is 19.9. The number of carbonyl (C=O) groups is 2. The van der Waals surface area contributed by atoms with Crippen LogP contribution in [0.15, 0.2) is 34.5 Å². The number of thioether (sulfide) groups is 1. The molecule has 1 aliphatic rings.